The van der Waals surface area contributed by atoms with E-state index in [4.69, 9.17) is 14.2 Å². The summed E-state index contributed by atoms with van der Waals surface area (Å²) in [6.45, 7) is 5.64. The van der Waals surface area contributed by atoms with Crippen molar-refractivity contribution >= 4 is 29.6 Å². The molecule has 1 spiro atoms. The highest BCUT2D eigenvalue weighted by Crippen LogP contribution is 2.50. The zero-order valence-electron chi connectivity index (χ0n) is 19.4. The standard InChI is InChI=1S/C25H27N3O6/c1-4-32-21(29)20-25(22(33-5-2)26-28(20)24(31)34-6-3)18-14-10-11-15-19(18)27(23(25)30)16-17-12-8-7-9-13-17/h7-15,20H,4-6,16H2,1-3H3/t20?,25-/m0/s1. The number of hydrogen-bond acceptors (Lipinski definition) is 7. The summed E-state index contributed by atoms with van der Waals surface area (Å²) in [4.78, 5) is 42.1. The van der Waals surface area contributed by atoms with Gasteiger partial charge in [-0.05, 0) is 32.4 Å². The van der Waals surface area contributed by atoms with Crippen LogP contribution in [0.2, 0.25) is 0 Å². The molecule has 2 aliphatic heterocycles. The number of benzene rings is 2. The number of nitrogens with zero attached hydrogens (tertiary/aromatic N) is 3. The van der Waals surface area contributed by atoms with Gasteiger partial charge >= 0.3 is 12.1 Å². The maximum Gasteiger partial charge on any atom is 0.431 e. The fourth-order valence-corrected chi connectivity index (χ4v) is 4.52. The number of fused-ring (bicyclic) bond motifs is 2. The Morgan fingerprint density at radius 2 is 1.62 bits per heavy atom. The fraction of sp³-hybridized carbons (Fsp3) is 0.360. The average Bonchev–Trinajstić information content (AvgIpc) is 3.30. The van der Waals surface area contributed by atoms with Crippen molar-refractivity contribution < 1.29 is 28.6 Å². The second kappa shape index (κ2) is 9.54. The molecule has 2 aliphatic rings. The number of anilines is 1. The van der Waals surface area contributed by atoms with Gasteiger partial charge in [-0.15, -0.1) is 5.10 Å². The molecule has 0 aliphatic carbocycles. The molecule has 34 heavy (non-hydrogen) atoms. The van der Waals surface area contributed by atoms with Crippen molar-refractivity contribution in [2.24, 2.45) is 5.10 Å². The maximum atomic E-state index is 14.3. The molecule has 2 atom stereocenters. The molecule has 4 rings (SSSR count). The van der Waals surface area contributed by atoms with Gasteiger partial charge in [0.2, 0.25) is 11.8 Å². The highest BCUT2D eigenvalue weighted by molar-refractivity contribution is 6.26. The molecule has 0 radical (unpaired) electrons. The first-order valence-electron chi connectivity index (χ1n) is 11.3. The van der Waals surface area contributed by atoms with Crippen LogP contribution in [0.15, 0.2) is 59.7 Å². The van der Waals surface area contributed by atoms with Gasteiger partial charge in [0.1, 0.15) is 0 Å². The largest absolute Gasteiger partial charge is 0.479 e. The van der Waals surface area contributed by atoms with Gasteiger partial charge in [0.05, 0.1) is 26.4 Å². The molecule has 178 valence electrons. The molecule has 0 saturated heterocycles. The molecule has 2 heterocycles. The van der Waals surface area contributed by atoms with Crippen LogP contribution in [0, 0.1) is 0 Å². The Balaban J connectivity index is 1.91. The second-order valence-electron chi connectivity index (χ2n) is 7.74. The topological polar surface area (TPSA) is 97.7 Å². The van der Waals surface area contributed by atoms with E-state index in [0.717, 1.165) is 10.6 Å². The molecule has 9 nitrogen and oxygen atoms in total. The van der Waals surface area contributed by atoms with E-state index in [1.165, 1.54) is 0 Å². The number of carbonyl (C=O) groups excluding carboxylic acids is 3. The monoisotopic (exact) mass is 465 g/mol. The smallest absolute Gasteiger partial charge is 0.431 e. The molecule has 9 heteroatoms. The predicted molar refractivity (Wildman–Crippen MR) is 124 cm³/mol. The van der Waals surface area contributed by atoms with Crippen molar-refractivity contribution in [1.29, 1.82) is 0 Å². The van der Waals surface area contributed by atoms with Crippen molar-refractivity contribution in [3.05, 3.63) is 65.7 Å². The zero-order valence-corrected chi connectivity index (χ0v) is 19.4. The Kier molecular flexibility index (Phi) is 6.54. The van der Waals surface area contributed by atoms with E-state index in [9.17, 15) is 14.4 Å². The second-order valence-corrected chi connectivity index (χ2v) is 7.74. The van der Waals surface area contributed by atoms with Gasteiger partial charge < -0.3 is 19.1 Å². The molecule has 1 unspecified atom stereocenters. The molecule has 0 bridgehead atoms. The van der Waals surface area contributed by atoms with Gasteiger partial charge in [0, 0.05) is 11.3 Å². The summed E-state index contributed by atoms with van der Waals surface area (Å²) in [5.74, 6) is -1.22. The maximum absolute atomic E-state index is 14.3. The first kappa shape index (κ1) is 23.3. The third-order valence-corrected chi connectivity index (χ3v) is 5.82. The van der Waals surface area contributed by atoms with Crippen LogP contribution in [0.3, 0.4) is 0 Å². The summed E-state index contributed by atoms with van der Waals surface area (Å²) in [6.07, 6.45) is -0.860. The first-order valence-corrected chi connectivity index (χ1v) is 11.3. The quantitative estimate of drug-likeness (QED) is 0.608. The minimum Gasteiger partial charge on any atom is -0.479 e. The highest BCUT2D eigenvalue weighted by Gasteiger charge is 2.69. The number of rotatable bonds is 6. The van der Waals surface area contributed by atoms with E-state index in [1.807, 2.05) is 42.5 Å². The summed E-state index contributed by atoms with van der Waals surface area (Å²) in [6, 6.07) is 15.3. The molecule has 0 aromatic heterocycles. The summed E-state index contributed by atoms with van der Waals surface area (Å²) >= 11 is 0. The number of hydrazone groups is 1. The van der Waals surface area contributed by atoms with Crippen LogP contribution in [0.1, 0.15) is 31.9 Å². The van der Waals surface area contributed by atoms with Gasteiger partial charge in [-0.1, -0.05) is 48.5 Å². The van der Waals surface area contributed by atoms with E-state index < -0.39 is 29.4 Å². The lowest BCUT2D eigenvalue weighted by molar-refractivity contribution is -0.152. The molecule has 0 saturated carbocycles. The third-order valence-electron chi connectivity index (χ3n) is 5.82. The van der Waals surface area contributed by atoms with Crippen LogP contribution in [-0.2, 0) is 35.8 Å². The van der Waals surface area contributed by atoms with Crippen LogP contribution in [0.25, 0.3) is 0 Å². The van der Waals surface area contributed by atoms with Crippen molar-refractivity contribution in [3.63, 3.8) is 0 Å². The molecule has 0 N–H and O–H groups in total. The zero-order chi connectivity index (χ0) is 24.3. The van der Waals surface area contributed by atoms with Gasteiger partial charge in [0.15, 0.2) is 11.5 Å². The number of amides is 2. The van der Waals surface area contributed by atoms with Crippen LogP contribution < -0.4 is 4.90 Å². The highest BCUT2D eigenvalue weighted by atomic mass is 16.6. The number of ether oxygens (including phenoxy) is 3. The van der Waals surface area contributed by atoms with E-state index in [-0.39, 0.29) is 32.3 Å². The molecule has 2 aromatic carbocycles. The van der Waals surface area contributed by atoms with Gasteiger partial charge in [-0.2, -0.15) is 5.01 Å². The molecule has 2 aromatic rings. The Hall–Kier alpha value is -3.88. The van der Waals surface area contributed by atoms with Crippen LogP contribution >= 0.6 is 0 Å². The Morgan fingerprint density at radius 3 is 2.29 bits per heavy atom. The van der Waals surface area contributed by atoms with E-state index in [1.54, 1.807) is 37.8 Å². The lowest BCUT2D eigenvalue weighted by atomic mass is 9.75. The minimum atomic E-state index is -1.69. The Bertz CT molecular complexity index is 1120. The molecular formula is C25H27N3O6. The van der Waals surface area contributed by atoms with Gasteiger partial charge in [-0.25, -0.2) is 9.59 Å². The van der Waals surface area contributed by atoms with E-state index in [0.29, 0.717) is 11.3 Å². The lowest BCUT2D eigenvalue weighted by Crippen LogP contribution is -2.59. The van der Waals surface area contributed by atoms with Crippen LogP contribution in [0.5, 0.6) is 0 Å². The summed E-state index contributed by atoms with van der Waals surface area (Å²) in [5.41, 5.74) is 0.350. The summed E-state index contributed by atoms with van der Waals surface area (Å²) < 4.78 is 16.3. The predicted octanol–water partition coefficient (Wildman–Crippen LogP) is 3.23. The molecule has 0 fully saturated rings. The van der Waals surface area contributed by atoms with E-state index in [2.05, 4.69) is 5.10 Å². The Morgan fingerprint density at radius 1 is 0.941 bits per heavy atom. The van der Waals surface area contributed by atoms with Gasteiger partial charge in [0.25, 0.3) is 0 Å². The van der Waals surface area contributed by atoms with Gasteiger partial charge in [-0.3, -0.25) is 4.79 Å². The van der Waals surface area contributed by atoms with E-state index >= 15 is 0 Å². The number of carbonyl (C=O) groups is 3. The average molecular weight is 466 g/mol. The summed E-state index contributed by atoms with van der Waals surface area (Å²) in [7, 11) is 0. The fourth-order valence-electron chi connectivity index (χ4n) is 4.52. The van der Waals surface area contributed by atoms with Crippen molar-refractivity contribution in [3.8, 4) is 0 Å². The molecular weight excluding hydrogens is 438 g/mol. The SMILES string of the molecule is CCOC(=O)C1N(C(=O)OCC)N=C(OCC)[C@@]12C(=O)N(Cc1ccccc1)c1ccccc12. The Labute approximate surface area is 197 Å². The third kappa shape index (κ3) is 3.57. The normalized spacial score (nSPS) is 20.9. The first-order chi connectivity index (χ1) is 16.5. The number of esters is 1. The van der Waals surface area contributed by atoms with Crippen LogP contribution in [0.4, 0.5) is 10.5 Å². The molecule has 2 amide bonds. The van der Waals surface area contributed by atoms with Crippen LogP contribution in [-0.4, -0.2) is 54.7 Å². The summed E-state index contributed by atoms with van der Waals surface area (Å²) in [5, 5.41) is 5.19. The number of para-hydroxylation sites is 1. The lowest BCUT2D eigenvalue weighted by Gasteiger charge is -2.31. The number of hydrogen-bond donors (Lipinski definition) is 0. The van der Waals surface area contributed by atoms with Crippen molar-refractivity contribution in [2.45, 2.75) is 38.8 Å². The van der Waals surface area contributed by atoms with Crippen molar-refractivity contribution in [1.82, 2.24) is 5.01 Å². The van der Waals surface area contributed by atoms with Crippen molar-refractivity contribution in [2.75, 3.05) is 24.7 Å². The minimum absolute atomic E-state index is 0.0332.